The molecule has 1 aliphatic rings. The highest BCUT2D eigenvalue weighted by Gasteiger charge is 2.37. The molecule has 1 aromatic heterocycles. The van der Waals surface area contributed by atoms with Gasteiger partial charge in [0.25, 0.3) is 0 Å². The number of aliphatic hydroxyl groups is 1. The SMILES string of the molecule is CC1(C)CCC(O)(CNS(=O)(=O)c2cn[nH]c2)CC1. The largest absolute Gasteiger partial charge is 0.389 e. The Morgan fingerprint density at radius 2 is 2.00 bits per heavy atom. The summed E-state index contributed by atoms with van der Waals surface area (Å²) in [6.45, 7) is 4.39. The topological polar surface area (TPSA) is 95.1 Å². The van der Waals surface area contributed by atoms with E-state index < -0.39 is 15.6 Å². The van der Waals surface area contributed by atoms with Crippen LogP contribution in [0.25, 0.3) is 0 Å². The second-order valence-electron chi connectivity index (χ2n) is 6.15. The highest BCUT2D eigenvalue weighted by atomic mass is 32.2. The molecule has 0 spiro atoms. The van der Waals surface area contributed by atoms with Gasteiger partial charge < -0.3 is 5.11 Å². The van der Waals surface area contributed by atoms with Crippen molar-refractivity contribution < 1.29 is 13.5 Å². The molecule has 2 rings (SSSR count). The Balaban J connectivity index is 1.96. The molecule has 108 valence electrons. The van der Waals surface area contributed by atoms with E-state index in [4.69, 9.17) is 0 Å². The van der Waals surface area contributed by atoms with Gasteiger partial charge in [0, 0.05) is 12.7 Å². The molecule has 0 aliphatic heterocycles. The Hall–Kier alpha value is -0.920. The van der Waals surface area contributed by atoms with Gasteiger partial charge in [-0.05, 0) is 31.1 Å². The molecule has 0 unspecified atom stereocenters. The lowest BCUT2D eigenvalue weighted by molar-refractivity contribution is -0.0205. The number of nitrogens with zero attached hydrogens (tertiary/aromatic N) is 1. The van der Waals surface area contributed by atoms with Crippen LogP contribution in [0.1, 0.15) is 39.5 Å². The van der Waals surface area contributed by atoms with Crippen molar-refractivity contribution in [3.63, 3.8) is 0 Å². The molecule has 0 amide bonds. The van der Waals surface area contributed by atoms with Crippen LogP contribution in [0.4, 0.5) is 0 Å². The van der Waals surface area contributed by atoms with E-state index in [1.54, 1.807) is 0 Å². The average molecular weight is 287 g/mol. The lowest BCUT2D eigenvalue weighted by Crippen LogP contribution is -2.46. The summed E-state index contributed by atoms with van der Waals surface area (Å²) >= 11 is 0. The van der Waals surface area contributed by atoms with Gasteiger partial charge in [-0.25, -0.2) is 13.1 Å². The molecule has 19 heavy (non-hydrogen) atoms. The van der Waals surface area contributed by atoms with E-state index in [-0.39, 0.29) is 16.9 Å². The van der Waals surface area contributed by atoms with Crippen molar-refractivity contribution in [2.45, 2.75) is 50.0 Å². The van der Waals surface area contributed by atoms with Crippen molar-refractivity contribution in [1.82, 2.24) is 14.9 Å². The number of hydrogen-bond acceptors (Lipinski definition) is 4. The minimum absolute atomic E-state index is 0.0522. The van der Waals surface area contributed by atoms with E-state index >= 15 is 0 Å². The fraction of sp³-hybridized carbons (Fsp3) is 0.750. The zero-order valence-electron chi connectivity index (χ0n) is 11.3. The van der Waals surface area contributed by atoms with Gasteiger partial charge in [-0.2, -0.15) is 5.10 Å². The van der Waals surface area contributed by atoms with Gasteiger partial charge in [0.15, 0.2) is 0 Å². The molecule has 0 aromatic carbocycles. The maximum Gasteiger partial charge on any atom is 0.243 e. The van der Waals surface area contributed by atoms with E-state index in [1.165, 1.54) is 12.4 Å². The van der Waals surface area contributed by atoms with E-state index in [0.29, 0.717) is 12.8 Å². The summed E-state index contributed by atoms with van der Waals surface area (Å²) < 4.78 is 26.3. The zero-order chi connectivity index (χ0) is 14.1. The van der Waals surface area contributed by atoms with Gasteiger partial charge in [-0.3, -0.25) is 5.10 Å². The number of H-pyrrole nitrogens is 1. The van der Waals surface area contributed by atoms with Crippen molar-refractivity contribution >= 4 is 10.0 Å². The molecule has 1 saturated carbocycles. The van der Waals surface area contributed by atoms with Gasteiger partial charge in [-0.1, -0.05) is 13.8 Å². The molecule has 1 aromatic rings. The molecular weight excluding hydrogens is 266 g/mol. The zero-order valence-corrected chi connectivity index (χ0v) is 12.1. The van der Waals surface area contributed by atoms with E-state index in [2.05, 4.69) is 28.8 Å². The third kappa shape index (κ3) is 3.55. The molecule has 1 heterocycles. The first-order chi connectivity index (χ1) is 8.73. The summed E-state index contributed by atoms with van der Waals surface area (Å²) in [4.78, 5) is 0.0900. The van der Waals surface area contributed by atoms with Crippen LogP contribution in [-0.4, -0.2) is 35.9 Å². The normalized spacial score (nSPS) is 22.3. The van der Waals surface area contributed by atoms with Gasteiger partial charge in [-0.15, -0.1) is 0 Å². The molecular formula is C12H21N3O3S. The Morgan fingerprint density at radius 3 is 2.53 bits per heavy atom. The standard InChI is InChI=1S/C12H21N3O3S/c1-11(2)3-5-12(16,6-4-11)9-15-19(17,18)10-7-13-14-8-10/h7-8,15-16H,3-6,9H2,1-2H3,(H,13,14). The minimum Gasteiger partial charge on any atom is -0.389 e. The van der Waals surface area contributed by atoms with Crippen molar-refractivity contribution in [1.29, 1.82) is 0 Å². The molecule has 0 atom stereocenters. The molecule has 0 radical (unpaired) electrons. The Kier molecular flexibility index (Phi) is 3.72. The predicted molar refractivity (Wildman–Crippen MR) is 71.0 cm³/mol. The third-order valence-electron chi connectivity index (χ3n) is 3.91. The fourth-order valence-electron chi connectivity index (χ4n) is 2.27. The lowest BCUT2D eigenvalue weighted by Gasteiger charge is -2.40. The number of sulfonamides is 1. The Bertz CT molecular complexity index is 512. The van der Waals surface area contributed by atoms with Crippen LogP contribution in [0.5, 0.6) is 0 Å². The maximum absolute atomic E-state index is 11.9. The highest BCUT2D eigenvalue weighted by molar-refractivity contribution is 7.89. The summed E-state index contributed by atoms with van der Waals surface area (Å²) in [5.74, 6) is 0. The highest BCUT2D eigenvalue weighted by Crippen LogP contribution is 2.39. The van der Waals surface area contributed by atoms with E-state index in [9.17, 15) is 13.5 Å². The van der Waals surface area contributed by atoms with Crippen molar-refractivity contribution in [3.8, 4) is 0 Å². The van der Waals surface area contributed by atoms with Crippen molar-refractivity contribution in [2.24, 2.45) is 5.41 Å². The molecule has 0 saturated heterocycles. The Morgan fingerprint density at radius 1 is 1.37 bits per heavy atom. The molecule has 6 nitrogen and oxygen atoms in total. The van der Waals surface area contributed by atoms with E-state index in [0.717, 1.165) is 12.8 Å². The molecule has 1 aliphatic carbocycles. The van der Waals surface area contributed by atoms with Gasteiger partial charge in [0.05, 0.1) is 11.8 Å². The van der Waals surface area contributed by atoms with Crippen LogP contribution in [0.15, 0.2) is 17.3 Å². The molecule has 7 heteroatoms. The number of rotatable bonds is 4. The smallest absolute Gasteiger partial charge is 0.243 e. The Labute approximate surface area is 113 Å². The lowest BCUT2D eigenvalue weighted by atomic mass is 9.71. The summed E-state index contributed by atoms with van der Waals surface area (Å²) in [5, 5.41) is 16.5. The van der Waals surface area contributed by atoms with Crippen LogP contribution in [0.2, 0.25) is 0 Å². The first-order valence-electron chi connectivity index (χ1n) is 6.43. The van der Waals surface area contributed by atoms with E-state index in [1.807, 2.05) is 0 Å². The number of hydrogen-bond donors (Lipinski definition) is 3. The summed E-state index contributed by atoms with van der Waals surface area (Å²) in [7, 11) is -3.59. The van der Waals surface area contributed by atoms with Crippen LogP contribution in [0.3, 0.4) is 0 Å². The molecule has 3 N–H and O–H groups in total. The second-order valence-corrected chi connectivity index (χ2v) is 7.91. The summed E-state index contributed by atoms with van der Waals surface area (Å²) in [5.41, 5.74) is -0.706. The van der Waals surface area contributed by atoms with Crippen molar-refractivity contribution in [3.05, 3.63) is 12.4 Å². The summed E-state index contributed by atoms with van der Waals surface area (Å²) in [6.07, 6.45) is 5.60. The minimum atomic E-state index is -3.59. The van der Waals surface area contributed by atoms with Gasteiger partial charge >= 0.3 is 0 Å². The van der Waals surface area contributed by atoms with Crippen LogP contribution >= 0.6 is 0 Å². The first-order valence-corrected chi connectivity index (χ1v) is 7.92. The second kappa shape index (κ2) is 4.88. The number of aromatic amines is 1. The monoisotopic (exact) mass is 287 g/mol. The number of aromatic nitrogens is 2. The molecule has 0 bridgehead atoms. The fourth-order valence-corrected chi connectivity index (χ4v) is 3.29. The van der Waals surface area contributed by atoms with Gasteiger partial charge in [0.2, 0.25) is 10.0 Å². The van der Waals surface area contributed by atoms with Crippen molar-refractivity contribution in [2.75, 3.05) is 6.54 Å². The average Bonchev–Trinajstić information content (AvgIpc) is 2.86. The third-order valence-corrected chi connectivity index (χ3v) is 5.28. The summed E-state index contributed by atoms with van der Waals surface area (Å²) in [6, 6.07) is 0. The number of nitrogens with one attached hydrogen (secondary N) is 2. The van der Waals surface area contributed by atoms with Crippen LogP contribution in [-0.2, 0) is 10.0 Å². The predicted octanol–water partition coefficient (Wildman–Crippen LogP) is 1.02. The first kappa shape index (κ1) is 14.5. The maximum atomic E-state index is 11.9. The van der Waals surface area contributed by atoms with Gasteiger partial charge in [0.1, 0.15) is 4.90 Å². The molecule has 1 fully saturated rings. The van der Waals surface area contributed by atoms with Crippen LogP contribution < -0.4 is 4.72 Å². The van der Waals surface area contributed by atoms with Crippen LogP contribution in [0, 0.1) is 5.41 Å². The quantitative estimate of drug-likeness (QED) is 0.770.